The fourth-order valence-electron chi connectivity index (χ4n) is 6.43. The molecule has 2 aliphatic carbocycles. The molecule has 0 saturated heterocycles. The smallest absolute Gasteiger partial charge is 0.326 e. The molecule has 1 atom stereocenters. The quantitative estimate of drug-likeness (QED) is 0.358. The number of benzene rings is 1. The van der Waals surface area contributed by atoms with Gasteiger partial charge in [0.1, 0.15) is 17.3 Å². The molecule has 9 heteroatoms. The summed E-state index contributed by atoms with van der Waals surface area (Å²) in [5.41, 5.74) is 4.30. The fourth-order valence-corrected chi connectivity index (χ4v) is 6.43. The van der Waals surface area contributed by atoms with Crippen LogP contribution >= 0.6 is 0 Å². The summed E-state index contributed by atoms with van der Waals surface area (Å²) >= 11 is 0. The predicted octanol–water partition coefficient (Wildman–Crippen LogP) is 3.80. The number of nitrogens with one attached hydrogen (secondary N) is 2. The summed E-state index contributed by atoms with van der Waals surface area (Å²) in [5, 5.41) is 15.8. The van der Waals surface area contributed by atoms with Gasteiger partial charge in [-0.05, 0) is 99.5 Å². The van der Waals surface area contributed by atoms with E-state index in [0.717, 1.165) is 79.8 Å². The lowest BCUT2D eigenvalue weighted by Gasteiger charge is -2.35. The van der Waals surface area contributed by atoms with Crippen molar-refractivity contribution in [1.29, 1.82) is 0 Å². The zero-order valence-corrected chi connectivity index (χ0v) is 23.8. The number of nitrogens with zero attached hydrogens (tertiary/aromatic N) is 2. The van der Waals surface area contributed by atoms with Crippen molar-refractivity contribution in [3.63, 3.8) is 0 Å². The first-order valence-electron chi connectivity index (χ1n) is 15.1. The number of aromatic nitrogens is 1. The number of carboxylic acid groups (broad SMARTS) is 1. The number of aryl methyl sites for hydroxylation is 3. The Labute approximate surface area is 241 Å². The van der Waals surface area contributed by atoms with Gasteiger partial charge in [-0.2, -0.15) is 0 Å². The van der Waals surface area contributed by atoms with Gasteiger partial charge >= 0.3 is 5.97 Å². The molecule has 0 bridgehead atoms. The van der Waals surface area contributed by atoms with Gasteiger partial charge in [-0.1, -0.05) is 18.2 Å². The Morgan fingerprint density at radius 2 is 1.98 bits per heavy atom. The number of aliphatic carboxylic acids is 1. The highest BCUT2D eigenvalue weighted by Crippen LogP contribution is 2.49. The topological polar surface area (TPSA) is 121 Å². The molecule has 4 aliphatic rings. The summed E-state index contributed by atoms with van der Waals surface area (Å²) in [4.78, 5) is 45.1. The molecule has 41 heavy (non-hydrogen) atoms. The number of amides is 2. The van der Waals surface area contributed by atoms with Gasteiger partial charge in [0, 0.05) is 37.5 Å². The van der Waals surface area contributed by atoms with E-state index in [1.165, 1.54) is 5.56 Å². The number of carbonyl (C=O) groups excluding carboxylic acids is 2. The Bertz CT molecular complexity index is 1330. The molecule has 0 radical (unpaired) electrons. The fraction of sp³-hybridized carbons (Fsp3) is 0.562. The minimum atomic E-state index is -1.16. The molecule has 1 aromatic heterocycles. The van der Waals surface area contributed by atoms with E-state index >= 15 is 0 Å². The highest BCUT2D eigenvalue weighted by atomic mass is 16.5. The first-order valence-corrected chi connectivity index (χ1v) is 15.1. The van der Waals surface area contributed by atoms with E-state index in [-0.39, 0.29) is 25.0 Å². The molecule has 2 fully saturated rings. The molecule has 0 spiro atoms. The van der Waals surface area contributed by atoms with Crippen molar-refractivity contribution >= 4 is 29.3 Å². The standard InChI is InChI=1S/C32H40N4O5/c1-20-4-6-22-10-15-36(27(22)17-20)31(40)32(12-13-32)30(39)35-26(29(37)38)11-16-41-25-18-21(19-25)5-8-24-9-7-23-3-2-14-33-28(23)34-24/h4,6-7,9,17,21,25-26H,2-3,5,8,10-16,18-19H2,1H3,(H,33,34)(H,35,39)(H,37,38)/t21-,25-,26?. The Hall–Kier alpha value is -3.46. The van der Waals surface area contributed by atoms with Gasteiger partial charge in [-0.15, -0.1) is 0 Å². The van der Waals surface area contributed by atoms with Crippen molar-refractivity contribution in [2.24, 2.45) is 11.3 Å². The second kappa shape index (κ2) is 11.4. The van der Waals surface area contributed by atoms with E-state index in [1.807, 2.05) is 25.1 Å². The van der Waals surface area contributed by atoms with E-state index < -0.39 is 23.3 Å². The summed E-state index contributed by atoms with van der Waals surface area (Å²) in [5.74, 6) is -0.184. The first kappa shape index (κ1) is 27.7. The Morgan fingerprint density at radius 3 is 2.76 bits per heavy atom. The number of hydrogen-bond donors (Lipinski definition) is 3. The molecule has 2 aromatic rings. The molecule has 9 nitrogen and oxygen atoms in total. The summed E-state index contributed by atoms with van der Waals surface area (Å²) in [6.07, 6.45) is 8.13. The lowest BCUT2D eigenvalue weighted by molar-refractivity contribution is -0.145. The van der Waals surface area contributed by atoms with Crippen LogP contribution in [0, 0.1) is 18.3 Å². The van der Waals surface area contributed by atoms with Crippen molar-refractivity contribution in [1.82, 2.24) is 10.3 Å². The number of carboxylic acids is 1. The van der Waals surface area contributed by atoms with E-state index in [0.29, 0.717) is 25.3 Å². The van der Waals surface area contributed by atoms with Crippen LogP contribution in [0.5, 0.6) is 0 Å². The normalized spacial score (nSPS) is 22.5. The molecule has 2 saturated carbocycles. The number of rotatable bonds is 11. The van der Waals surface area contributed by atoms with E-state index in [2.05, 4.69) is 22.8 Å². The molecule has 218 valence electrons. The third-order valence-electron chi connectivity index (χ3n) is 9.29. The van der Waals surface area contributed by atoms with E-state index in [4.69, 9.17) is 9.72 Å². The van der Waals surface area contributed by atoms with Crippen LogP contribution in [0.1, 0.15) is 67.3 Å². The molecule has 1 aromatic carbocycles. The van der Waals surface area contributed by atoms with Gasteiger partial charge in [0.15, 0.2) is 0 Å². The summed E-state index contributed by atoms with van der Waals surface area (Å²) < 4.78 is 5.96. The zero-order chi connectivity index (χ0) is 28.6. The zero-order valence-electron chi connectivity index (χ0n) is 23.8. The van der Waals surface area contributed by atoms with Crippen molar-refractivity contribution in [3.05, 3.63) is 52.7 Å². The van der Waals surface area contributed by atoms with E-state index in [1.54, 1.807) is 4.90 Å². The van der Waals surface area contributed by atoms with Crippen LogP contribution in [0.25, 0.3) is 0 Å². The average molecular weight is 561 g/mol. The maximum Gasteiger partial charge on any atom is 0.326 e. The Kier molecular flexibility index (Phi) is 7.72. The molecule has 2 amide bonds. The minimum Gasteiger partial charge on any atom is -0.480 e. The SMILES string of the molecule is Cc1ccc2c(c1)N(C(=O)C1(C(=O)NC(CCO[C@H]3C[C@H](CCc4ccc5c(n4)NCCC5)C3)C(=O)O)CC1)CC2. The number of fused-ring (bicyclic) bond motifs is 2. The largest absolute Gasteiger partial charge is 0.480 e. The first-order chi connectivity index (χ1) is 19.8. The van der Waals surface area contributed by atoms with Crippen LogP contribution < -0.4 is 15.5 Å². The van der Waals surface area contributed by atoms with E-state index in [9.17, 15) is 19.5 Å². The Balaban J connectivity index is 0.940. The molecule has 3 heterocycles. The second-order valence-corrected chi connectivity index (χ2v) is 12.3. The van der Waals surface area contributed by atoms with Crippen molar-refractivity contribution < 1.29 is 24.2 Å². The molecule has 2 aliphatic heterocycles. The van der Waals surface area contributed by atoms with Crippen LogP contribution in [-0.2, 0) is 38.4 Å². The number of anilines is 2. The van der Waals surface area contributed by atoms with Crippen molar-refractivity contribution in [3.8, 4) is 0 Å². The number of pyridine rings is 1. The van der Waals surface area contributed by atoms with Crippen LogP contribution in [0.15, 0.2) is 30.3 Å². The van der Waals surface area contributed by atoms with Gasteiger partial charge in [0.05, 0.1) is 6.10 Å². The number of carbonyl (C=O) groups is 3. The highest BCUT2D eigenvalue weighted by molar-refractivity contribution is 6.15. The van der Waals surface area contributed by atoms with Crippen LogP contribution in [0.2, 0.25) is 0 Å². The number of ether oxygens (including phenoxy) is 1. The maximum absolute atomic E-state index is 13.5. The van der Waals surface area contributed by atoms with Crippen molar-refractivity contribution in [2.45, 2.75) is 83.3 Å². The monoisotopic (exact) mass is 560 g/mol. The van der Waals surface area contributed by atoms with Gasteiger partial charge in [-0.3, -0.25) is 9.59 Å². The van der Waals surface area contributed by atoms with Gasteiger partial charge in [-0.25, -0.2) is 9.78 Å². The maximum atomic E-state index is 13.5. The lowest BCUT2D eigenvalue weighted by atomic mass is 9.79. The lowest BCUT2D eigenvalue weighted by Crippen LogP contribution is -2.50. The van der Waals surface area contributed by atoms with Gasteiger partial charge in [0.2, 0.25) is 11.8 Å². The third-order valence-corrected chi connectivity index (χ3v) is 9.29. The highest BCUT2D eigenvalue weighted by Gasteiger charge is 2.59. The summed E-state index contributed by atoms with van der Waals surface area (Å²) in [7, 11) is 0. The van der Waals surface area contributed by atoms with Crippen LogP contribution in [0.4, 0.5) is 11.5 Å². The predicted molar refractivity (Wildman–Crippen MR) is 155 cm³/mol. The molecule has 1 unspecified atom stereocenters. The van der Waals surface area contributed by atoms with Crippen LogP contribution in [-0.4, -0.2) is 59.7 Å². The number of hydrogen-bond acceptors (Lipinski definition) is 6. The van der Waals surface area contributed by atoms with Crippen molar-refractivity contribution in [2.75, 3.05) is 29.9 Å². The Morgan fingerprint density at radius 1 is 1.17 bits per heavy atom. The van der Waals surface area contributed by atoms with Gasteiger partial charge < -0.3 is 25.4 Å². The average Bonchev–Trinajstić information content (AvgIpc) is 3.66. The minimum absolute atomic E-state index is 0.123. The van der Waals surface area contributed by atoms with Gasteiger partial charge in [0.25, 0.3) is 0 Å². The summed E-state index contributed by atoms with van der Waals surface area (Å²) in [6.45, 7) is 3.78. The van der Waals surface area contributed by atoms with Crippen LogP contribution in [0.3, 0.4) is 0 Å². The molecular weight excluding hydrogens is 520 g/mol. The second-order valence-electron chi connectivity index (χ2n) is 12.3. The molecule has 6 rings (SSSR count). The third kappa shape index (κ3) is 5.82. The summed E-state index contributed by atoms with van der Waals surface area (Å²) in [6, 6.07) is 9.30. The molecular formula is C32H40N4O5. The molecule has 3 N–H and O–H groups in total.